The van der Waals surface area contributed by atoms with E-state index in [2.05, 4.69) is 28.8 Å². The Morgan fingerprint density at radius 3 is 2.46 bits per heavy atom. The highest BCUT2D eigenvalue weighted by Gasteiger charge is 2.14. The molecule has 0 radical (unpaired) electrons. The molecule has 5 nitrogen and oxygen atoms in total. The Bertz CT molecular complexity index is 579. The van der Waals surface area contributed by atoms with E-state index in [4.69, 9.17) is 0 Å². The van der Waals surface area contributed by atoms with Crippen LogP contribution in [0, 0.1) is 5.92 Å². The van der Waals surface area contributed by atoms with Crippen LogP contribution < -0.4 is 10.0 Å². The van der Waals surface area contributed by atoms with Gasteiger partial charge in [-0.05, 0) is 49.4 Å². The Kier molecular flexibility index (Phi) is 7.68. The molecule has 0 unspecified atom stereocenters. The summed E-state index contributed by atoms with van der Waals surface area (Å²) in [7, 11) is -3.39. The van der Waals surface area contributed by atoms with Gasteiger partial charge in [-0.25, -0.2) is 13.1 Å². The van der Waals surface area contributed by atoms with Crippen molar-refractivity contribution >= 4 is 10.0 Å². The Labute approximate surface area is 146 Å². The van der Waals surface area contributed by atoms with Gasteiger partial charge in [-0.15, -0.1) is 0 Å². The van der Waals surface area contributed by atoms with Crippen LogP contribution in [0.1, 0.15) is 32.3 Å². The van der Waals surface area contributed by atoms with E-state index in [0.717, 1.165) is 52.0 Å². The first kappa shape index (κ1) is 19.4. The quantitative estimate of drug-likeness (QED) is 0.665. The molecule has 0 amide bonds. The summed E-state index contributed by atoms with van der Waals surface area (Å²) >= 11 is 0. The molecule has 1 aliphatic heterocycles. The maximum Gasteiger partial charge on any atom is 0.240 e. The summed E-state index contributed by atoms with van der Waals surface area (Å²) in [5.74, 6) is 0.658. The molecule has 1 saturated heterocycles. The van der Waals surface area contributed by atoms with Crippen LogP contribution >= 0.6 is 0 Å². The van der Waals surface area contributed by atoms with E-state index in [1.807, 2.05) is 12.1 Å². The van der Waals surface area contributed by atoms with E-state index in [-0.39, 0.29) is 0 Å². The summed E-state index contributed by atoms with van der Waals surface area (Å²) in [6.07, 6.45) is 2.96. The van der Waals surface area contributed by atoms with Gasteiger partial charge in [0, 0.05) is 32.7 Å². The van der Waals surface area contributed by atoms with Crippen molar-refractivity contribution in [2.45, 2.75) is 38.0 Å². The third kappa shape index (κ3) is 6.51. The summed E-state index contributed by atoms with van der Waals surface area (Å²) in [4.78, 5) is 2.73. The lowest BCUT2D eigenvalue weighted by atomic mass is 10.0. The molecule has 0 atom stereocenters. The fraction of sp³-hybridized carbons (Fsp3) is 0.667. The second kappa shape index (κ2) is 9.51. The summed E-state index contributed by atoms with van der Waals surface area (Å²) < 4.78 is 27.4. The maximum absolute atomic E-state index is 12.3. The van der Waals surface area contributed by atoms with E-state index >= 15 is 0 Å². The highest BCUT2D eigenvalue weighted by Crippen LogP contribution is 2.13. The Balaban J connectivity index is 1.77. The monoisotopic (exact) mass is 353 g/mol. The third-order valence-corrected chi connectivity index (χ3v) is 5.87. The number of nitrogens with zero attached hydrogens (tertiary/aromatic N) is 1. The van der Waals surface area contributed by atoms with Crippen molar-refractivity contribution < 1.29 is 8.42 Å². The van der Waals surface area contributed by atoms with Crippen LogP contribution in [-0.2, 0) is 16.4 Å². The number of hydrogen-bond donors (Lipinski definition) is 2. The minimum atomic E-state index is -3.39. The molecule has 1 aromatic rings. The van der Waals surface area contributed by atoms with Crippen LogP contribution in [0.2, 0.25) is 0 Å². The molecule has 0 aromatic heterocycles. The van der Waals surface area contributed by atoms with Gasteiger partial charge >= 0.3 is 0 Å². The largest absolute Gasteiger partial charge is 0.314 e. The minimum Gasteiger partial charge on any atom is -0.314 e. The summed E-state index contributed by atoms with van der Waals surface area (Å²) in [6, 6.07) is 7.29. The number of nitrogens with one attached hydrogen (secondary N) is 2. The lowest BCUT2D eigenvalue weighted by Gasteiger charge is -2.27. The zero-order chi connectivity index (χ0) is 17.4. The third-order valence-electron chi connectivity index (χ3n) is 4.40. The van der Waals surface area contributed by atoms with Crippen molar-refractivity contribution in [3.8, 4) is 0 Å². The number of sulfonamides is 1. The normalized spacial score (nSPS) is 16.6. The maximum atomic E-state index is 12.3. The van der Waals surface area contributed by atoms with E-state index < -0.39 is 10.0 Å². The SMILES string of the molecule is CC(C)CCc1ccc(S(=O)(=O)NCCCN2CCNCC2)cc1. The van der Waals surface area contributed by atoms with Gasteiger partial charge in [0.25, 0.3) is 0 Å². The van der Waals surface area contributed by atoms with Crippen molar-refractivity contribution in [1.29, 1.82) is 0 Å². The lowest BCUT2D eigenvalue weighted by Crippen LogP contribution is -2.44. The van der Waals surface area contributed by atoms with Crippen LogP contribution in [0.15, 0.2) is 29.2 Å². The fourth-order valence-electron chi connectivity index (χ4n) is 2.82. The Morgan fingerprint density at radius 1 is 1.17 bits per heavy atom. The van der Waals surface area contributed by atoms with Crippen LogP contribution in [-0.4, -0.2) is 52.6 Å². The molecule has 1 heterocycles. The van der Waals surface area contributed by atoms with Crippen LogP contribution in [0.4, 0.5) is 0 Å². The number of rotatable bonds is 9. The summed E-state index contributed by atoms with van der Waals surface area (Å²) in [5.41, 5.74) is 1.20. The zero-order valence-corrected chi connectivity index (χ0v) is 15.7. The average Bonchev–Trinajstić information content (AvgIpc) is 2.58. The van der Waals surface area contributed by atoms with Gasteiger partial charge < -0.3 is 10.2 Å². The number of aryl methyl sites for hydroxylation is 1. The molecule has 0 bridgehead atoms. The predicted molar refractivity (Wildman–Crippen MR) is 98.7 cm³/mol. The van der Waals surface area contributed by atoms with Crippen LogP contribution in [0.5, 0.6) is 0 Å². The van der Waals surface area contributed by atoms with Crippen LogP contribution in [0.3, 0.4) is 0 Å². The summed E-state index contributed by atoms with van der Waals surface area (Å²) in [5, 5.41) is 3.32. The molecule has 136 valence electrons. The van der Waals surface area contributed by atoms with Gasteiger partial charge in [0.1, 0.15) is 0 Å². The van der Waals surface area contributed by atoms with Gasteiger partial charge in [-0.1, -0.05) is 26.0 Å². The fourth-order valence-corrected chi connectivity index (χ4v) is 3.89. The van der Waals surface area contributed by atoms with Crippen molar-refractivity contribution in [1.82, 2.24) is 14.9 Å². The number of hydrogen-bond acceptors (Lipinski definition) is 4. The molecule has 1 aliphatic rings. The number of benzene rings is 1. The zero-order valence-electron chi connectivity index (χ0n) is 14.9. The van der Waals surface area contributed by atoms with Crippen molar-refractivity contribution in [2.24, 2.45) is 5.92 Å². The standard InChI is InChI=1S/C18H31N3O2S/c1-16(2)4-5-17-6-8-18(9-7-17)24(22,23)20-10-3-13-21-14-11-19-12-15-21/h6-9,16,19-20H,3-5,10-15H2,1-2H3. The lowest BCUT2D eigenvalue weighted by molar-refractivity contribution is 0.239. The second-order valence-corrected chi connectivity index (χ2v) is 8.69. The van der Waals surface area contributed by atoms with Crippen LogP contribution in [0.25, 0.3) is 0 Å². The van der Waals surface area contributed by atoms with E-state index in [1.54, 1.807) is 12.1 Å². The minimum absolute atomic E-state index is 0.359. The van der Waals surface area contributed by atoms with Crippen molar-refractivity contribution in [3.63, 3.8) is 0 Å². The van der Waals surface area contributed by atoms with Gasteiger partial charge in [0.2, 0.25) is 10.0 Å². The first-order chi connectivity index (χ1) is 11.5. The van der Waals surface area contributed by atoms with Gasteiger partial charge in [0.05, 0.1) is 4.90 Å². The molecule has 1 aromatic carbocycles. The van der Waals surface area contributed by atoms with E-state index in [1.165, 1.54) is 5.56 Å². The van der Waals surface area contributed by atoms with E-state index in [0.29, 0.717) is 17.4 Å². The van der Waals surface area contributed by atoms with Gasteiger partial charge in [-0.3, -0.25) is 0 Å². The second-order valence-electron chi connectivity index (χ2n) is 6.92. The van der Waals surface area contributed by atoms with Gasteiger partial charge in [-0.2, -0.15) is 0 Å². The Hall–Kier alpha value is -0.950. The summed E-state index contributed by atoms with van der Waals surface area (Å²) in [6.45, 7) is 9.96. The molecule has 2 rings (SSSR count). The number of piperazine rings is 1. The topological polar surface area (TPSA) is 61.4 Å². The first-order valence-electron chi connectivity index (χ1n) is 8.99. The highest BCUT2D eigenvalue weighted by atomic mass is 32.2. The molecular formula is C18H31N3O2S. The molecule has 0 saturated carbocycles. The molecule has 1 fully saturated rings. The molecule has 6 heteroatoms. The highest BCUT2D eigenvalue weighted by molar-refractivity contribution is 7.89. The first-order valence-corrected chi connectivity index (χ1v) is 10.5. The van der Waals surface area contributed by atoms with Crippen molar-refractivity contribution in [2.75, 3.05) is 39.3 Å². The molecule has 24 heavy (non-hydrogen) atoms. The molecule has 2 N–H and O–H groups in total. The molecule has 0 aliphatic carbocycles. The molecule has 0 spiro atoms. The Morgan fingerprint density at radius 2 is 1.83 bits per heavy atom. The average molecular weight is 354 g/mol. The van der Waals surface area contributed by atoms with Crippen molar-refractivity contribution in [3.05, 3.63) is 29.8 Å². The van der Waals surface area contributed by atoms with E-state index in [9.17, 15) is 8.42 Å². The predicted octanol–water partition coefficient (Wildman–Crippen LogP) is 1.85. The van der Waals surface area contributed by atoms with Gasteiger partial charge in [0.15, 0.2) is 0 Å². The smallest absolute Gasteiger partial charge is 0.240 e. The molecular weight excluding hydrogens is 322 g/mol.